The Morgan fingerprint density at radius 3 is 2.69 bits per heavy atom. The first-order valence-corrected chi connectivity index (χ1v) is 11.9. The van der Waals surface area contributed by atoms with Crippen LogP contribution < -0.4 is 5.56 Å². The van der Waals surface area contributed by atoms with Crippen LogP contribution in [0.1, 0.15) is 35.9 Å². The molecule has 3 heterocycles. The van der Waals surface area contributed by atoms with Crippen molar-refractivity contribution in [1.29, 1.82) is 0 Å². The fraction of sp³-hybridized carbons (Fsp3) is 0.160. The van der Waals surface area contributed by atoms with E-state index in [1.54, 1.807) is 12.1 Å². The zero-order valence-corrected chi connectivity index (χ0v) is 19.9. The number of rotatable bonds is 5. The number of nitrogens with zero attached hydrogens (tertiary/aromatic N) is 2. The minimum Gasteiger partial charge on any atom is -0.453 e. The average Bonchev–Trinajstić information content (AvgIpc) is 3.40. The molecule has 0 aliphatic heterocycles. The summed E-state index contributed by atoms with van der Waals surface area (Å²) >= 11 is 4.85. The van der Waals surface area contributed by atoms with Crippen molar-refractivity contribution in [2.75, 3.05) is 0 Å². The molecule has 0 radical (unpaired) electrons. The van der Waals surface area contributed by atoms with Gasteiger partial charge in [-0.25, -0.2) is 4.98 Å². The second kappa shape index (κ2) is 8.15. The lowest BCUT2D eigenvalue weighted by molar-refractivity contribution is 0.0945. The van der Waals surface area contributed by atoms with E-state index in [0.29, 0.717) is 21.7 Å². The van der Waals surface area contributed by atoms with Crippen LogP contribution in [0.4, 0.5) is 0 Å². The molecule has 0 fully saturated rings. The molecule has 0 aliphatic rings. The molecule has 2 aromatic carbocycles. The molecule has 0 amide bonds. The van der Waals surface area contributed by atoms with Crippen LogP contribution in [-0.4, -0.2) is 15.3 Å². The second-order valence-corrected chi connectivity index (χ2v) is 9.77. The highest BCUT2D eigenvalue weighted by atomic mass is 79.9. The van der Waals surface area contributed by atoms with E-state index < -0.39 is 0 Å². The van der Waals surface area contributed by atoms with Gasteiger partial charge < -0.3 is 4.42 Å². The number of carbonyl (C=O) groups excluding carboxylic acids is 1. The molecule has 5 nitrogen and oxygen atoms in total. The van der Waals surface area contributed by atoms with Crippen LogP contribution in [0, 0.1) is 0 Å². The van der Waals surface area contributed by atoms with Crippen LogP contribution in [0.25, 0.3) is 32.3 Å². The lowest BCUT2D eigenvalue weighted by Gasteiger charge is -2.07. The lowest BCUT2D eigenvalue weighted by atomic mass is 9.99. The van der Waals surface area contributed by atoms with E-state index in [1.165, 1.54) is 27.8 Å². The molecule has 0 saturated carbocycles. The maximum atomic E-state index is 13.3. The van der Waals surface area contributed by atoms with Gasteiger partial charge in [0.2, 0.25) is 5.78 Å². The minimum absolute atomic E-state index is 0.135. The predicted octanol–water partition coefficient (Wildman–Crippen LogP) is 6.64. The first kappa shape index (κ1) is 20.8. The first-order valence-electron chi connectivity index (χ1n) is 10.2. The van der Waals surface area contributed by atoms with Crippen LogP contribution in [0.2, 0.25) is 0 Å². The van der Waals surface area contributed by atoms with Gasteiger partial charge in [-0.1, -0.05) is 54.0 Å². The van der Waals surface area contributed by atoms with Crippen molar-refractivity contribution in [3.63, 3.8) is 0 Å². The molecular weight excluding hydrogens is 488 g/mol. The fourth-order valence-corrected chi connectivity index (χ4v) is 5.01. The zero-order chi connectivity index (χ0) is 22.4. The molecule has 0 spiro atoms. The molecule has 32 heavy (non-hydrogen) atoms. The Morgan fingerprint density at radius 2 is 1.94 bits per heavy atom. The van der Waals surface area contributed by atoms with Gasteiger partial charge >= 0.3 is 0 Å². The van der Waals surface area contributed by atoms with Gasteiger partial charge in [-0.05, 0) is 41.3 Å². The Balaban J connectivity index is 1.50. The number of hydrogen-bond acceptors (Lipinski definition) is 5. The standard InChI is InChI=1S/C25H19BrN2O3S/c1-14(2)15-3-5-16(6-4-15)19-12-32-24-23(19)25(30)28(13-27-24)11-20(29)22-10-17-9-18(26)7-8-21(17)31-22/h3-10,12-14H,11H2,1-2H3. The molecule has 5 aromatic rings. The largest absolute Gasteiger partial charge is 0.453 e. The molecular formula is C25H19BrN2O3S. The smallest absolute Gasteiger partial charge is 0.263 e. The summed E-state index contributed by atoms with van der Waals surface area (Å²) in [5.74, 6) is 0.381. The van der Waals surface area contributed by atoms with Crippen LogP contribution in [0.15, 0.2) is 73.9 Å². The third-order valence-corrected chi connectivity index (χ3v) is 6.90. The maximum absolute atomic E-state index is 13.3. The van der Waals surface area contributed by atoms with Gasteiger partial charge in [0, 0.05) is 20.8 Å². The van der Waals surface area contributed by atoms with Crippen molar-refractivity contribution in [3.8, 4) is 11.1 Å². The Morgan fingerprint density at radius 1 is 1.16 bits per heavy atom. The van der Waals surface area contributed by atoms with Crippen LogP contribution in [-0.2, 0) is 6.54 Å². The van der Waals surface area contributed by atoms with E-state index in [4.69, 9.17) is 4.42 Å². The molecule has 0 saturated heterocycles. The van der Waals surface area contributed by atoms with E-state index in [-0.39, 0.29) is 23.6 Å². The second-order valence-electron chi connectivity index (χ2n) is 8.00. The predicted molar refractivity (Wildman–Crippen MR) is 132 cm³/mol. The number of benzene rings is 2. The monoisotopic (exact) mass is 506 g/mol. The van der Waals surface area contributed by atoms with Crippen LogP contribution in [0.3, 0.4) is 0 Å². The molecule has 0 aliphatic carbocycles. The summed E-state index contributed by atoms with van der Waals surface area (Å²) in [7, 11) is 0. The number of Topliss-reactive ketones (excluding diaryl/α,β-unsaturated/α-hetero) is 1. The average molecular weight is 507 g/mol. The number of aromatic nitrogens is 2. The van der Waals surface area contributed by atoms with E-state index >= 15 is 0 Å². The van der Waals surface area contributed by atoms with Gasteiger partial charge in [0.15, 0.2) is 5.76 Å². The number of hydrogen-bond donors (Lipinski definition) is 0. The highest BCUT2D eigenvalue weighted by Gasteiger charge is 2.18. The summed E-state index contributed by atoms with van der Waals surface area (Å²) in [5, 5.41) is 3.32. The van der Waals surface area contributed by atoms with Crippen molar-refractivity contribution in [1.82, 2.24) is 9.55 Å². The summed E-state index contributed by atoms with van der Waals surface area (Å²) in [6, 6.07) is 15.5. The van der Waals surface area contributed by atoms with Crippen LogP contribution in [0.5, 0.6) is 0 Å². The number of furan rings is 1. The molecule has 0 N–H and O–H groups in total. The fourth-order valence-electron chi connectivity index (χ4n) is 3.72. The lowest BCUT2D eigenvalue weighted by Crippen LogP contribution is -2.24. The maximum Gasteiger partial charge on any atom is 0.263 e. The molecule has 0 atom stereocenters. The van der Waals surface area contributed by atoms with Crippen molar-refractivity contribution in [2.24, 2.45) is 0 Å². The summed E-state index contributed by atoms with van der Waals surface area (Å²) in [6.45, 7) is 4.16. The molecule has 7 heteroatoms. The first-order chi connectivity index (χ1) is 15.4. The molecule has 3 aromatic heterocycles. The van der Waals surface area contributed by atoms with Gasteiger partial charge in [0.1, 0.15) is 10.4 Å². The van der Waals surface area contributed by atoms with Crippen molar-refractivity contribution >= 4 is 54.2 Å². The summed E-state index contributed by atoms with van der Waals surface area (Å²) in [5.41, 5.74) is 3.45. The Labute approximate surface area is 196 Å². The highest BCUT2D eigenvalue weighted by Crippen LogP contribution is 2.31. The molecule has 0 bridgehead atoms. The van der Waals surface area contributed by atoms with Crippen molar-refractivity contribution < 1.29 is 9.21 Å². The number of ketones is 1. The van der Waals surface area contributed by atoms with Gasteiger partial charge in [0.05, 0.1) is 18.3 Å². The third kappa shape index (κ3) is 3.72. The quantitative estimate of drug-likeness (QED) is 0.250. The molecule has 0 unspecified atom stereocenters. The number of halogens is 1. The Hall–Kier alpha value is -3.03. The van der Waals surface area contributed by atoms with E-state index in [9.17, 15) is 9.59 Å². The number of carbonyl (C=O) groups is 1. The minimum atomic E-state index is -0.279. The van der Waals surface area contributed by atoms with E-state index in [2.05, 4.69) is 46.9 Å². The zero-order valence-electron chi connectivity index (χ0n) is 17.5. The topological polar surface area (TPSA) is 65.1 Å². The third-order valence-electron chi connectivity index (χ3n) is 5.52. The van der Waals surface area contributed by atoms with Crippen molar-refractivity contribution in [3.05, 3.63) is 86.4 Å². The van der Waals surface area contributed by atoms with E-state index in [0.717, 1.165) is 21.0 Å². The van der Waals surface area contributed by atoms with Crippen LogP contribution >= 0.6 is 27.3 Å². The Kier molecular flexibility index (Phi) is 5.31. The van der Waals surface area contributed by atoms with Gasteiger partial charge in [-0.15, -0.1) is 11.3 Å². The highest BCUT2D eigenvalue weighted by molar-refractivity contribution is 9.10. The summed E-state index contributed by atoms with van der Waals surface area (Å²) in [4.78, 5) is 31.2. The molecule has 5 rings (SSSR count). The Bertz CT molecular complexity index is 1530. The SMILES string of the molecule is CC(C)c1ccc(-c2csc3ncn(CC(=O)c4cc5cc(Br)ccc5o4)c(=O)c23)cc1. The van der Waals surface area contributed by atoms with Gasteiger partial charge in [-0.3, -0.25) is 14.2 Å². The normalized spacial score (nSPS) is 11.6. The molecule has 160 valence electrons. The number of thiophene rings is 1. The number of fused-ring (bicyclic) bond motifs is 2. The summed E-state index contributed by atoms with van der Waals surface area (Å²) in [6.07, 6.45) is 1.43. The van der Waals surface area contributed by atoms with Gasteiger partial charge in [-0.2, -0.15) is 0 Å². The van der Waals surface area contributed by atoms with E-state index in [1.807, 2.05) is 29.6 Å². The van der Waals surface area contributed by atoms with Crippen molar-refractivity contribution in [2.45, 2.75) is 26.3 Å². The van der Waals surface area contributed by atoms with Gasteiger partial charge in [0.25, 0.3) is 5.56 Å². The summed E-state index contributed by atoms with van der Waals surface area (Å²) < 4.78 is 7.95.